The second-order valence-corrected chi connectivity index (χ2v) is 6.62. The molecule has 1 fully saturated rings. The topological polar surface area (TPSA) is 82.5 Å². The van der Waals surface area contributed by atoms with Crippen LogP contribution in [0.1, 0.15) is 53.0 Å². The lowest BCUT2D eigenvalue weighted by atomic mass is 10.0. The first-order chi connectivity index (χ1) is 12.5. The fourth-order valence-corrected chi connectivity index (χ4v) is 3.45. The van der Waals surface area contributed by atoms with Crippen LogP contribution in [0.15, 0.2) is 42.6 Å². The molecular formula is C20H23N3O3. The zero-order valence-corrected chi connectivity index (χ0v) is 14.8. The van der Waals surface area contributed by atoms with E-state index in [0.717, 1.165) is 37.2 Å². The molecule has 0 unspecified atom stereocenters. The van der Waals surface area contributed by atoms with Gasteiger partial charge in [-0.3, -0.25) is 14.7 Å². The largest absolute Gasteiger partial charge is 0.478 e. The van der Waals surface area contributed by atoms with Crippen LogP contribution in [0.25, 0.3) is 0 Å². The molecule has 1 aliphatic rings. The van der Waals surface area contributed by atoms with Crippen LogP contribution >= 0.6 is 0 Å². The highest BCUT2D eigenvalue weighted by molar-refractivity contribution is 5.87. The SMILES string of the molecule is CC(=O)NCc1cc([C@H]2CCCN2Cc2cccc(C(=O)O)c2)ccn1. The quantitative estimate of drug-likeness (QED) is 0.834. The van der Waals surface area contributed by atoms with Gasteiger partial charge in [0, 0.05) is 25.7 Å². The van der Waals surface area contributed by atoms with Crippen LogP contribution in [-0.4, -0.2) is 33.4 Å². The van der Waals surface area contributed by atoms with Gasteiger partial charge in [-0.2, -0.15) is 0 Å². The number of benzene rings is 1. The third kappa shape index (κ3) is 4.46. The summed E-state index contributed by atoms with van der Waals surface area (Å²) < 4.78 is 0. The van der Waals surface area contributed by atoms with Gasteiger partial charge in [0.05, 0.1) is 17.8 Å². The Kier molecular flexibility index (Phi) is 5.63. The van der Waals surface area contributed by atoms with Crippen molar-refractivity contribution in [3.8, 4) is 0 Å². The number of carboxylic acids is 1. The molecule has 136 valence electrons. The van der Waals surface area contributed by atoms with Gasteiger partial charge in [-0.25, -0.2) is 4.79 Å². The summed E-state index contributed by atoms with van der Waals surface area (Å²) in [5, 5.41) is 11.9. The number of hydrogen-bond acceptors (Lipinski definition) is 4. The molecule has 0 spiro atoms. The molecule has 1 atom stereocenters. The number of amides is 1. The van der Waals surface area contributed by atoms with E-state index in [1.54, 1.807) is 24.4 Å². The second-order valence-electron chi connectivity index (χ2n) is 6.62. The standard InChI is InChI=1S/C20H23N3O3/c1-14(24)22-12-18-11-16(7-8-21-18)19-6-3-9-23(19)13-15-4-2-5-17(10-15)20(25)26/h2,4-5,7-8,10-11,19H,3,6,9,12-13H2,1H3,(H,22,24)(H,25,26)/t19-/m1/s1. The molecule has 6 heteroatoms. The van der Waals surface area contributed by atoms with Crippen molar-refractivity contribution in [3.63, 3.8) is 0 Å². The molecule has 2 N–H and O–H groups in total. The minimum Gasteiger partial charge on any atom is -0.478 e. The molecule has 1 aliphatic heterocycles. The van der Waals surface area contributed by atoms with Crippen LogP contribution in [0.4, 0.5) is 0 Å². The molecule has 3 rings (SSSR count). The van der Waals surface area contributed by atoms with Crippen LogP contribution in [0, 0.1) is 0 Å². The van der Waals surface area contributed by atoms with E-state index >= 15 is 0 Å². The summed E-state index contributed by atoms with van der Waals surface area (Å²) in [5.74, 6) is -0.973. The monoisotopic (exact) mass is 353 g/mol. The highest BCUT2D eigenvalue weighted by atomic mass is 16.4. The van der Waals surface area contributed by atoms with Gasteiger partial charge < -0.3 is 10.4 Å². The smallest absolute Gasteiger partial charge is 0.335 e. The molecule has 6 nitrogen and oxygen atoms in total. The van der Waals surface area contributed by atoms with E-state index in [0.29, 0.717) is 12.1 Å². The summed E-state index contributed by atoms with van der Waals surface area (Å²) in [4.78, 5) is 29.0. The van der Waals surface area contributed by atoms with Gasteiger partial charge in [-0.1, -0.05) is 12.1 Å². The van der Waals surface area contributed by atoms with Gasteiger partial charge >= 0.3 is 5.97 Å². The van der Waals surface area contributed by atoms with Gasteiger partial charge in [0.15, 0.2) is 0 Å². The Morgan fingerprint density at radius 2 is 2.15 bits per heavy atom. The third-order valence-electron chi connectivity index (χ3n) is 4.67. The molecule has 0 radical (unpaired) electrons. The molecule has 2 heterocycles. The normalized spacial score (nSPS) is 17.2. The molecule has 0 bridgehead atoms. The number of aromatic carboxylic acids is 1. The minimum atomic E-state index is -0.901. The molecule has 0 aliphatic carbocycles. The first kappa shape index (κ1) is 18.1. The molecular weight excluding hydrogens is 330 g/mol. The fraction of sp³-hybridized carbons (Fsp3) is 0.350. The number of carbonyl (C=O) groups excluding carboxylic acids is 1. The van der Waals surface area contributed by atoms with Gasteiger partial charge in [0.2, 0.25) is 5.91 Å². The molecule has 1 aromatic heterocycles. The van der Waals surface area contributed by atoms with Crippen molar-refractivity contribution in [2.75, 3.05) is 6.54 Å². The number of hydrogen-bond donors (Lipinski definition) is 2. The number of rotatable bonds is 6. The lowest BCUT2D eigenvalue weighted by Gasteiger charge is -2.25. The minimum absolute atomic E-state index is 0.0713. The van der Waals surface area contributed by atoms with Crippen molar-refractivity contribution in [3.05, 3.63) is 65.0 Å². The van der Waals surface area contributed by atoms with E-state index in [1.165, 1.54) is 12.5 Å². The molecule has 1 saturated heterocycles. The molecule has 0 saturated carbocycles. The number of nitrogens with one attached hydrogen (secondary N) is 1. The predicted molar refractivity (Wildman–Crippen MR) is 97.5 cm³/mol. The molecule has 2 aromatic rings. The Morgan fingerprint density at radius 1 is 1.31 bits per heavy atom. The fourth-order valence-electron chi connectivity index (χ4n) is 3.45. The van der Waals surface area contributed by atoms with E-state index in [2.05, 4.69) is 15.2 Å². The van der Waals surface area contributed by atoms with Crippen molar-refractivity contribution in [2.24, 2.45) is 0 Å². The Labute approximate surface area is 152 Å². The van der Waals surface area contributed by atoms with Gasteiger partial charge in [-0.05, 0) is 54.8 Å². The maximum absolute atomic E-state index is 11.2. The van der Waals surface area contributed by atoms with Crippen LogP contribution < -0.4 is 5.32 Å². The van der Waals surface area contributed by atoms with Crippen molar-refractivity contribution in [1.82, 2.24) is 15.2 Å². The Balaban J connectivity index is 1.74. The Morgan fingerprint density at radius 3 is 2.92 bits per heavy atom. The Bertz CT molecular complexity index is 806. The second kappa shape index (κ2) is 8.10. The van der Waals surface area contributed by atoms with E-state index in [4.69, 9.17) is 5.11 Å². The summed E-state index contributed by atoms with van der Waals surface area (Å²) in [6, 6.07) is 11.5. The Hall–Kier alpha value is -2.73. The number of carbonyl (C=O) groups is 2. The van der Waals surface area contributed by atoms with Crippen molar-refractivity contribution < 1.29 is 14.7 Å². The van der Waals surface area contributed by atoms with E-state index in [1.807, 2.05) is 18.2 Å². The average Bonchev–Trinajstić information content (AvgIpc) is 3.08. The highest BCUT2D eigenvalue weighted by Gasteiger charge is 2.26. The van der Waals surface area contributed by atoms with Gasteiger partial charge in [0.1, 0.15) is 0 Å². The van der Waals surface area contributed by atoms with Crippen LogP contribution in [-0.2, 0) is 17.9 Å². The number of aromatic nitrogens is 1. The predicted octanol–water partition coefficient (Wildman–Crippen LogP) is 2.75. The van der Waals surface area contributed by atoms with E-state index in [9.17, 15) is 9.59 Å². The summed E-state index contributed by atoms with van der Waals surface area (Å²) in [7, 11) is 0. The first-order valence-electron chi connectivity index (χ1n) is 8.78. The average molecular weight is 353 g/mol. The molecule has 1 amide bonds. The van der Waals surface area contributed by atoms with Crippen molar-refractivity contribution in [1.29, 1.82) is 0 Å². The zero-order chi connectivity index (χ0) is 18.5. The van der Waals surface area contributed by atoms with Crippen LogP contribution in [0.2, 0.25) is 0 Å². The maximum atomic E-state index is 11.2. The highest BCUT2D eigenvalue weighted by Crippen LogP contribution is 2.33. The molecule has 1 aromatic carbocycles. The summed E-state index contributed by atoms with van der Waals surface area (Å²) in [6.07, 6.45) is 3.95. The summed E-state index contributed by atoms with van der Waals surface area (Å²) in [6.45, 7) is 3.62. The number of nitrogens with zero attached hydrogens (tertiary/aromatic N) is 2. The maximum Gasteiger partial charge on any atom is 0.335 e. The first-order valence-corrected chi connectivity index (χ1v) is 8.78. The summed E-state index contributed by atoms with van der Waals surface area (Å²) in [5.41, 5.74) is 3.36. The van der Waals surface area contributed by atoms with Gasteiger partial charge in [0.25, 0.3) is 0 Å². The van der Waals surface area contributed by atoms with Gasteiger partial charge in [-0.15, -0.1) is 0 Å². The summed E-state index contributed by atoms with van der Waals surface area (Å²) >= 11 is 0. The third-order valence-corrected chi connectivity index (χ3v) is 4.67. The zero-order valence-electron chi connectivity index (χ0n) is 14.8. The molecule has 26 heavy (non-hydrogen) atoms. The van der Waals surface area contributed by atoms with Crippen molar-refractivity contribution >= 4 is 11.9 Å². The van der Waals surface area contributed by atoms with Crippen LogP contribution in [0.5, 0.6) is 0 Å². The van der Waals surface area contributed by atoms with E-state index in [-0.39, 0.29) is 11.9 Å². The van der Waals surface area contributed by atoms with Crippen LogP contribution in [0.3, 0.4) is 0 Å². The number of likely N-dealkylation sites (tertiary alicyclic amines) is 1. The lowest BCUT2D eigenvalue weighted by Crippen LogP contribution is -2.24. The lowest BCUT2D eigenvalue weighted by molar-refractivity contribution is -0.119. The van der Waals surface area contributed by atoms with E-state index < -0.39 is 5.97 Å². The number of pyridine rings is 1. The number of carboxylic acid groups (broad SMARTS) is 1. The van der Waals surface area contributed by atoms with Crippen molar-refractivity contribution in [2.45, 2.75) is 38.9 Å².